The summed E-state index contributed by atoms with van der Waals surface area (Å²) < 4.78 is 0. The van der Waals surface area contributed by atoms with E-state index in [2.05, 4.69) is 133 Å². The summed E-state index contributed by atoms with van der Waals surface area (Å²) in [5.74, 6) is 5.31. The number of nitrogens with zero attached hydrogens (tertiary/aromatic N) is 1. The van der Waals surface area contributed by atoms with Crippen molar-refractivity contribution in [2.75, 3.05) is 0 Å². The number of rotatable bonds is 5. The average Bonchev–Trinajstić information content (AvgIpc) is 3.74. The predicted molar refractivity (Wildman–Crippen MR) is 250 cm³/mol. The first-order valence-electron chi connectivity index (χ1n) is 24.4. The molecule has 0 amide bonds. The minimum Gasteiger partial charge on any atom is -0.343 e. The number of amidine groups is 1. The Morgan fingerprint density at radius 3 is 2.23 bits per heavy atom. The van der Waals surface area contributed by atoms with Gasteiger partial charge in [0.2, 0.25) is 0 Å². The van der Waals surface area contributed by atoms with E-state index in [9.17, 15) is 0 Å². The highest BCUT2D eigenvalue weighted by atomic mass is 15.1. The number of aliphatic imine (C=N–C) groups is 1. The lowest BCUT2D eigenvalue weighted by atomic mass is 9.60. The highest BCUT2D eigenvalue weighted by Crippen LogP contribution is 2.71. The predicted octanol–water partition coefficient (Wildman–Crippen LogP) is 14.3. The summed E-state index contributed by atoms with van der Waals surface area (Å²) >= 11 is 0. The minimum atomic E-state index is 0.0797. The van der Waals surface area contributed by atoms with Crippen LogP contribution in [0.2, 0.25) is 0 Å². The van der Waals surface area contributed by atoms with Crippen molar-refractivity contribution in [3.63, 3.8) is 0 Å². The number of allylic oxidation sites excluding steroid dienone is 19. The fourth-order valence-corrected chi connectivity index (χ4v) is 14.9. The Morgan fingerprint density at radius 2 is 1.47 bits per heavy atom. The normalized spacial score (nSPS) is 35.4. The number of hydrogen-bond acceptors (Lipinski definition) is 2. The smallest absolute Gasteiger partial charge is 0.109 e. The Labute approximate surface area is 360 Å². The molecule has 2 heteroatoms. The Kier molecular flexibility index (Phi) is 9.45. The van der Waals surface area contributed by atoms with E-state index in [1.165, 1.54) is 105 Å². The van der Waals surface area contributed by atoms with E-state index in [1.807, 2.05) is 11.1 Å². The fourth-order valence-electron chi connectivity index (χ4n) is 14.9. The molecular formula is C58H64N2. The summed E-state index contributed by atoms with van der Waals surface area (Å²) in [5, 5.41) is 3.76. The van der Waals surface area contributed by atoms with Crippen LogP contribution >= 0.6 is 0 Å². The molecule has 2 spiro atoms. The van der Waals surface area contributed by atoms with Gasteiger partial charge in [0.25, 0.3) is 0 Å². The van der Waals surface area contributed by atoms with Crippen LogP contribution in [0.15, 0.2) is 166 Å². The summed E-state index contributed by atoms with van der Waals surface area (Å²) in [6.45, 7) is 0. The zero-order valence-corrected chi connectivity index (χ0v) is 35.7. The van der Waals surface area contributed by atoms with Crippen LogP contribution < -0.4 is 5.32 Å². The number of benzene rings is 1. The molecule has 0 bridgehead atoms. The lowest BCUT2D eigenvalue weighted by Gasteiger charge is -2.43. The second-order valence-corrected chi connectivity index (χ2v) is 20.5. The van der Waals surface area contributed by atoms with Crippen LogP contribution in [-0.4, -0.2) is 11.9 Å². The minimum absolute atomic E-state index is 0.0797. The zero-order valence-electron chi connectivity index (χ0n) is 35.7. The quantitative estimate of drug-likeness (QED) is 0.295. The molecule has 1 aromatic carbocycles. The van der Waals surface area contributed by atoms with Gasteiger partial charge in [-0.15, -0.1) is 0 Å². The monoisotopic (exact) mass is 789 g/mol. The van der Waals surface area contributed by atoms with Crippen molar-refractivity contribution < 1.29 is 0 Å². The van der Waals surface area contributed by atoms with Gasteiger partial charge in [0.15, 0.2) is 0 Å². The van der Waals surface area contributed by atoms with Crippen molar-refractivity contribution in [2.24, 2.45) is 51.3 Å². The summed E-state index contributed by atoms with van der Waals surface area (Å²) in [7, 11) is 0. The molecule has 8 unspecified atom stereocenters. The van der Waals surface area contributed by atoms with Gasteiger partial charge >= 0.3 is 0 Å². The number of nitrogens with one attached hydrogen (secondary N) is 1. The molecule has 60 heavy (non-hydrogen) atoms. The third-order valence-electron chi connectivity index (χ3n) is 17.7. The lowest BCUT2D eigenvalue weighted by molar-refractivity contribution is 0.159. The number of fused-ring (bicyclic) bond motifs is 10. The maximum atomic E-state index is 5.36. The molecule has 4 saturated carbocycles. The van der Waals surface area contributed by atoms with Crippen molar-refractivity contribution in [1.82, 2.24) is 5.32 Å². The van der Waals surface area contributed by atoms with Crippen LogP contribution in [0.25, 0.3) is 5.57 Å². The third kappa shape index (κ3) is 6.04. The SMILES string of the molecule is C1=CCC(C2=NC(C3=CC=C(c4ccc(C5CC=CC6C5C5=CC7C(C=C5C65CCCCC5)C5CC=CC=C5C75CCCCC5)cc4)CC3)C=C(C3=CCCC=C3)N2)C=C1. The maximum absolute atomic E-state index is 5.36. The van der Waals surface area contributed by atoms with Crippen molar-refractivity contribution in [3.05, 3.63) is 172 Å². The summed E-state index contributed by atoms with van der Waals surface area (Å²) in [5.41, 5.74) is 14.6. The highest BCUT2D eigenvalue weighted by Gasteiger charge is 2.62. The van der Waals surface area contributed by atoms with Crippen molar-refractivity contribution in [3.8, 4) is 0 Å². The molecule has 1 N–H and O–H groups in total. The van der Waals surface area contributed by atoms with Crippen LogP contribution in [-0.2, 0) is 0 Å². The molecule has 0 aromatic heterocycles. The molecule has 1 aliphatic heterocycles. The molecule has 0 radical (unpaired) electrons. The van der Waals surface area contributed by atoms with E-state index >= 15 is 0 Å². The van der Waals surface area contributed by atoms with E-state index in [1.54, 1.807) is 11.1 Å². The highest BCUT2D eigenvalue weighted by molar-refractivity contribution is 5.90. The first-order valence-corrected chi connectivity index (χ1v) is 24.4. The van der Waals surface area contributed by atoms with Gasteiger partial charge in [-0.05, 0) is 157 Å². The Morgan fingerprint density at radius 1 is 0.650 bits per heavy atom. The van der Waals surface area contributed by atoms with Crippen molar-refractivity contribution in [1.29, 1.82) is 0 Å². The van der Waals surface area contributed by atoms with Gasteiger partial charge in [0.05, 0.1) is 6.04 Å². The van der Waals surface area contributed by atoms with E-state index in [0.717, 1.165) is 43.9 Å². The maximum Gasteiger partial charge on any atom is 0.109 e. The lowest BCUT2D eigenvalue weighted by Crippen LogP contribution is -2.36. The molecule has 8 atom stereocenters. The topological polar surface area (TPSA) is 24.4 Å². The molecular weight excluding hydrogens is 725 g/mol. The summed E-state index contributed by atoms with van der Waals surface area (Å²) in [6, 6.07) is 10.1. The fraction of sp³-hybridized carbons (Fsp3) is 0.466. The van der Waals surface area contributed by atoms with Gasteiger partial charge in [-0.2, -0.15) is 0 Å². The molecule has 11 aliphatic rings. The molecule has 1 heterocycles. The first kappa shape index (κ1) is 37.3. The summed E-state index contributed by atoms with van der Waals surface area (Å²) in [4.78, 5) is 5.36. The largest absolute Gasteiger partial charge is 0.343 e. The van der Waals surface area contributed by atoms with Crippen LogP contribution in [0.4, 0.5) is 0 Å². The van der Waals surface area contributed by atoms with Crippen LogP contribution in [0.5, 0.6) is 0 Å². The standard InChI is InChI=1S/C58H64N2/c1-5-16-42(17-6-1)53-38-54(60-56(59-53)44-18-7-2-8-19-44)43-30-26-40(27-31-43)39-24-28-41(29-25-39)45-21-15-23-50-55(45)48-37-51-47(36-52(48)58(50)34-13-4-14-35-58)46-20-9-10-22-49(46)57(51)32-11-3-12-33-57/h2,5,7-10,15-18,22-26,28-30,36-38,44-47,50-51,54-55H,1,3-4,6,11-14,19-21,27,31-35H2,(H,59,60). The Balaban J connectivity index is 0.846. The molecule has 12 rings (SSSR count). The van der Waals surface area contributed by atoms with E-state index in [4.69, 9.17) is 4.99 Å². The molecule has 306 valence electrons. The summed E-state index contributed by atoms with van der Waals surface area (Å²) in [6.07, 6.45) is 63.7. The Hall–Kier alpha value is -4.43. The van der Waals surface area contributed by atoms with Gasteiger partial charge in [-0.3, -0.25) is 4.99 Å². The Bertz CT molecular complexity index is 2320. The van der Waals surface area contributed by atoms with Gasteiger partial charge in [0.1, 0.15) is 5.84 Å². The molecule has 1 aromatic rings. The molecule has 10 aliphatic carbocycles. The first-order chi connectivity index (χ1) is 29.7. The van der Waals surface area contributed by atoms with Crippen molar-refractivity contribution in [2.45, 2.75) is 121 Å². The van der Waals surface area contributed by atoms with Crippen molar-refractivity contribution >= 4 is 11.4 Å². The molecule has 4 fully saturated rings. The van der Waals surface area contributed by atoms with Gasteiger partial charge < -0.3 is 5.32 Å². The second kappa shape index (κ2) is 15.2. The van der Waals surface area contributed by atoms with E-state index in [-0.39, 0.29) is 6.04 Å². The van der Waals surface area contributed by atoms with E-state index < -0.39 is 0 Å². The van der Waals surface area contributed by atoms with Gasteiger partial charge in [-0.1, -0.05) is 166 Å². The zero-order chi connectivity index (χ0) is 39.7. The van der Waals surface area contributed by atoms with Crippen LogP contribution in [0.3, 0.4) is 0 Å². The second-order valence-electron chi connectivity index (χ2n) is 20.5. The molecule has 2 nitrogen and oxygen atoms in total. The van der Waals surface area contributed by atoms with Crippen LogP contribution in [0.1, 0.15) is 126 Å². The molecule has 0 saturated heterocycles. The average molecular weight is 789 g/mol. The third-order valence-corrected chi connectivity index (χ3v) is 17.7. The number of hydrogen-bond donors (Lipinski definition) is 1. The van der Waals surface area contributed by atoms with Gasteiger partial charge in [-0.25, -0.2) is 0 Å². The van der Waals surface area contributed by atoms with E-state index in [0.29, 0.717) is 46.3 Å². The van der Waals surface area contributed by atoms with Gasteiger partial charge in [0, 0.05) is 17.0 Å². The van der Waals surface area contributed by atoms with Crippen LogP contribution in [0, 0.1) is 46.3 Å².